The fourth-order valence-electron chi connectivity index (χ4n) is 0.683. The van der Waals surface area contributed by atoms with Gasteiger partial charge in [-0.3, -0.25) is 0 Å². The van der Waals surface area contributed by atoms with E-state index in [0.717, 1.165) is 3.79 Å². The summed E-state index contributed by atoms with van der Waals surface area (Å²) in [6.45, 7) is 3.37. The SMILES string of the molecule is CC(C)S(=O)(=O)c1ccc(Br)s1. The number of hydrogen-bond donors (Lipinski definition) is 0. The highest BCUT2D eigenvalue weighted by Crippen LogP contribution is 2.28. The van der Waals surface area contributed by atoms with Gasteiger partial charge in [-0.2, -0.15) is 0 Å². The molecular weight excluding hydrogens is 260 g/mol. The molecule has 0 aliphatic heterocycles. The summed E-state index contributed by atoms with van der Waals surface area (Å²) in [5, 5.41) is -0.344. The second kappa shape index (κ2) is 3.47. The van der Waals surface area contributed by atoms with Crippen LogP contribution in [0.15, 0.2) is 20.1 Å². The van der Waals surface area contributed by atoms with E-state index < -0.39 is 9.84 Å². The van der Waals surface area contributed by atoms with E-state index in [1.54, 1.807) is 26.0 Å². The van der Waals surface area contributed by atoms with E-state index in [-0.39, 0.29) is 5.25 Å². The van der Waals surface area contributed by atoms with Gasteiger partial charge >= 0.3 is 0 Å². The van der Waals surface area contributed by atoms with Gasteiger partial charge in [-0.1, -0.05) is 0 Å². The Kier molecular flexibility index (Phi) is 2.96. The summed E-state index contributed by atoms with van der Waals surface area (Å²) in [6, 6.07) is 3.38. The number of sulfone groups is 1. The summed E-state index contributed by atoms with van der Waals surface area (Å²) < 4.78 is 24.4. The Morgan fingerprint density at radius 1 is 1.42 bits per heavy atom. The smallest absolute Gasteiger partial charge is 0.190 e. The molecule has 0 spiro atoms. The summed E-state index contributed by atoms with van der Waals surface area (Å²) in [5.74, 6) is 0. The Hall–Kier alpha value is 0.130. The lowest BCUT2D eigenvalue weighted by Crippen LogP contribution is -2.12. The van der Waals surface area contributed by atoms with E-state index in [2.05, 4.69) is 15.9 Å². The van der Waals surface area contributed by atoms with Gasteiger partial charge in [0.1, 0.15) is 4.21 Å². The zero-order valence-corrected chi connectivity index (χ0v) is 9.96. The van der Waals surface area contributed by atoms with E-state index in [1.807, 2.05) is 0 Å². The van der Waals surface area contributed by atoms with Gasteiger partial charge in [-0.05, 0) is 41.9 Å². The molecule has 0 unspecified atom stereocenters. The highest BCUT2D eigenvalue weighted by atomic mass is 79.9. The average molecular weight is 269 g/mol. The lowest BCUT2D eigenvalue weighted by molar-refractivity contribution is 0.589. The molecule has 1 heterocycles. The number of hydrogen-bond acceptors (Lipinski definition) is 3. The van der Waals surface area contributed by atoms with E-state index >= 15 is 0 Å². The molecule has 0 radical (unpaired) electrons. The molecule has 0 saturated carbocycles. The van der Waals surface area contributed by atoms with Crippen LogP contribution < -0.4 is 0 Å². The van der Waals surface area contributed by atoms with Crippen molar-refractivity contribution in [2.24, 2.45) is 0 Å². The summed E-state index contributed by atoms with van der Waals surface area (Å²) in [5.41, 5.74) is 0. The molecule has 0 atom stereocenters. The van der Waals surface area contributed by atoms with E-state index in [4.69, 9.17) is 0 Å². The molecule has 68 valence electrons. The maximum atomic E-state index is 11.5. The third kappa shape index (κ3) is 1.89. The Morgan fingerprint density at radius 2 is 2.00 bits per heavy atom. The van der Waals surface area contributed by atoms with Gasteiger partial charge in [-0.25, -0.2) is 8.42 Å². The molecule has 0 aliphatic carbocycles. The van der Waals surface area contributed by atoms with Crippen LogP contribution in [0.5, 0.6) is 0 Å². The lowest BCUT2D eigenvalue weighted by atomic mass is 10.6. The third-order valence-corrected chi connectivity index (χ3v) is 5.75. The van der Waals surface area contributed by atoms with Crippen molar-refractivity contribution < 1.29 is 8.42 Å². The molecule has 0 aromatic carbocycles. The third-order valence-electron chi connectivity index (χ3n) is 1.45. The molecule has 0 N–H and O–H groups in total. The fourth-order valence-corrected chi connectivity index (χ4v) is 4.16. The summed E-state index contributed by atoms with van der Waals surface area (Å²) in [6.07, 6.45) is 0. The second-order valence-electron chi connectivity index (χ2n) is 2.65. The molecule has 0 fully saturated rings. The molecule has 2 nitrogen and oxygen atoms in total. The summed E-state index contributed by atoms with van der Waals surface area (Å²) >= 11 is 4.48. The zero-order chi connectivity index (χ0) is 9.35. The second-order valence-corrected chi connectivity index (χ2v) is 7.85. The van der Waals surface area contributed by atoms with Crippen LogP contribution in [0.4, 0.5) is 0 Å². The van der Waals surface area contributed by atoms with Gasteiger partial charge in [0, 0.05) is 0 Å². The van der Waals surface area contributed by atoms with Crippen LogP contribution in [0.2, 0.25) is 0 Å². The van der Waals surface area contributed by atoms with Crippen molar-refractivity contribution in [2.45, 2.75) is 23.3 Å². The van der Waals surface area contributed by atoms with E-state index in [0.29, 0.717) is 4.21 Å². The maximum absolute atomic E-state index is 11.5. The molecule has 0 amide bonds. The predicted molar refractivity (Wildman–Crippen MR) is 54.3 cm³/mol. The Bertz CT molecular complexity index is 365. The van der Waals surface area contributed by atoms with Crippen LogP contribution in [0.25, 0.3) is 0 Å². The van der Waals surface area contributed by atoms with Gasteiger partial charge in [-0.15, -0.1) is 11.3 Å². The topological polar surface area (TPSA) is 34.1 Å². The largest absolute Gasteiger partial charge is 0.223 e. The maximum Gasteiger partial charge on any atom is 0.190 e. The lowest BCUT2D eigenvalue weighted by Gasteiger charge is -2.03. The average Bonchev–Trinajstić information content (AvgIpc) is 2.35. The zero-order valence-electron chi connectivity index (χ0n) is 6.74. The van der Waals surface area contributed by atoms with Gasteiger partial charge in [0.25, 0.3) is 0 Å². The van der Waals surface area contributed by atoms with Crippen LogP contribution in [0.1, 0.15) is 13.8 Å². The van der Waals surface area contributed by atoms with E-state index in [9.17, 15) is 8.42 Å². The van der Waals surface area contributed by atoms with Crippen molar-refractivity contribution in [1.29, 1.82) is 0 Å². The number of thiophene rings is 1. The van der Waals surface area contributed by atoms with Crippen LogP contribution in [-0.4, -0.2) is 13.7 Å². The highest BCUT2D eigenvalue weighted by molar-refractivity contribution is 9.11. The summed E-state index contributed by atoms with van der Waals surface area (Å²) in [4.78, 5) is 0. The summed E-state index contributed by atoms with van der Waals surface area (Å²) in [7, 11) is -3.07. The monoisotopic (exact) mass is 268 g/mol. The van der Waals surface area contributed by atoms with Crippen LogP contribution >= 0.6 is 27.3 Å². The normalized spacial score (nSPS) is 12.3. The van der Waals surface area contributed by atoms with Gasteiger partial charge in [0.2, 0.25) is 0 Å². The van der Waals surface area contributed by atoms with Crippen molar-refractivity contribution in [3.63, 3.8) is 0 Å². The minimum absolute atomic E-state index is 0.344. The fraction of sp³-hybridized carbons (Fsp3) is 0.429. The first-order chi connectivity index (χ1) is 5.44. The predicted octanol–water partition coefficient (Wildman–Crippen LogP) is 2.69. The van der Waals surface area contributed by atoms with Crippen LogP contribution in [0.3, 0.4) is 0 Å². The van der Waals surface area contributed by atoms with Crippen molar-refractivity contribution in [3.8, 4) is 0 Å². The first-order valence-corrected chi connectivity index (χ1v) is 6.59. The Morgan fingerprint density at radius 3 is 2.33 bits per heavy atom. The molecule has 1 aromatic rings. The van der Waals surface area contributed by atoms with Crippen molar-refractivity contribution in [2.75, 3.05) is 0 Å². The molecule has 1 rings (SSSR count). The standard InChI is InChI=1S/C7H9BrO2S2/c1-5(2)12(9,10)7-4-3-6(8)11-7/h3-5H,1-2H3. The molecular formula is C7H9BrO2S2. The highest BCUT2D eigenvalue weighted by Gasteiger charge is 2.20. The first kappa shape index (κ1) is 10.2. The quantitative estimate of drug-likeness (QED) is 0.827. The first-order valence-electron chi connectivity index (χ1n) is 3.44. The van der Waals surface area contributed by atoms with Gasteiger partial charge < -0.3 is 0 Å². The Labute approximate surface area is 84.7 Å². The van der Waals surface area contributed by atoms with Crippen molar-refractivity contribution in [3.05, 3.63) is 15.9 Å². The van der Waals surface area contributed by atoms with E-state index in [1.165, 1.54) is 11.3 Å². The van der Waals surface area contributed by atoms with Crippen molar-refractivity contribution in [1.82, 2.24) is 0 Å². The molecule has 12 heavy (non-hydrogen) atoms. The molecule has 1 aromatic heterocycles. The molecule has 0 saturated heterocycles. The van der Waals surface area contributed by atoms with Crippen LogP contribution in [0, 0.1) is 0 Å². The number of halogens is 1. The Balaban J connectivity index is 3.15. The van der Waals surface area contributed by atoms with Crippen LogP contribution in [-0.2, 0) is 9.84 Å². The minimum atomic E-state index is -3.07. The van der Waals surface area contributed by atoms with Gasteiger partial charge in [0.15, 0.2) is 9.84 Å². The minimum Gasteiger partial charge on any atom is -0.223 e. The number of rotatable bonds is 2. The van der Waals surface area contributed by atoms with Crippen molar-refractivity contribution >= 4 is 37.1 Å². The molecule has 0 bridgehead atoms. The van der Waals surface area contributed by atoms with Gasteiger partial charge in [0.05, 0.1) is 9.04 Å². The molecule has 5 heteroatoms. The molecule has 0 aliphatic rings.